The van der Waals surface area contributed by atoms with Crippen LogP contribution in [0.4, 0.5) is 5.69 Å². The SMILES string of the molecule is CCCS(=O)(=O)N1CCN(c2ccc(Oc3ccccc3)cc2)CC1. The summed E-state index contributed by atoms with van der Waals surface area (Å²) in [7, 11) is -3.09. The molecule has 0 amide bonds. The van der Waals surface area contributed by atoms with Crippen LogP contribution in [0.3, 0.4) is 0 Å². The van der Waals surface area contributed by atoms with Crippen molar-refractivity contribution in [3.05, 3.63) is 54.6 Å². The fraction of sp³-hybridized carbons (Fsp3) is 0.368. The summed E-state index contributed by atoms with van der Waals surface area (Å²) >= 11 is 0. The molecule has 0 aliphatic carbocycles. The van der Waals surface area contributed by atoms with E-state index in [1.807, 2.05) is 61.5 Å². The third kappa shape index (κ3) is 4.52. The van der Waals surface area contributed by atoms with Crippen LogP contribution in [0, 0.1) is 0 Å². The standard InChI is InChI=1S/C19H24N2O3S/c1-2-16-25(22,23)21-14-12-20(13-15-21)17-8-10-19(11-9-17)24-18-6-4-3-5-7-18/h3-11H,2,12-16H2,1H3. The molecule has 0 spiro atoms. The molecule has 1 saturated heterocycles. The molecular weight excluding hydrogens is 336 g/mol. The lowest BCUT2D eigenvalue weighted by atomic mass is 10.2. The minimum Gasteiger partial charge on any atom is -0.457 e. The Labute approximate surface area is 149 Å². The van der Waals surface area contributed by atoms with Crippen molar-refractivity contribution in [1.29, 1.82) is 0 Å². The number of benzene rings is 2. The Balaban J connectivity index is 1.59. The van der Waals surface area contributed by atoms with Crippen LogP contribution in [0.15, 0.2) is 54.6 Å². The number of piperazine rings is 1. The molecule has 0 aromatic heterocycles. The third-order valence-electron chi connectivity index (χ3n) is 4.27. The largest absolute Gasteiger partial charge is 0.457 e. The zero-order valence-corrected chi connectivity index (χ0v) is 15.3. The van der Waals surface area contributed by atoms with Crippen molar-refractivity contribution in [2.45, 2.75) is 13.3 Å². The summed E-state index contributed by atoms with van der Waals surface area (Å²) in [5.41, 5.74) is 1.09. The number of anilines is 1. The Kier molecular flexibility index (Phi) is 5.60. The molecule has 1 heterocycles. The summed E-state index contributed by atoms with van der Waals surface area (Å²) in [4.78, 5) is 2.21. The zero-order valence-electron chi connectivity index (χ0n) is 14.5. The fourth-order valence-electron chi connectivity index (χ4n) is 2.96. The van der Waals surface area contributed by atoms with Crippen molar-refractivity contribution < 1.29 is 13.2 Å². The molecule has 0 N–H and O–H groups in total. The van der Waals surface area contributed by atoms with E-state index in [2.05, 4.69) is 4.90 Å². The van der Waals surface area contributed by atoms with E-state index in [1.165, 1.54) is 0 Å². The molecule has 0 unspecified atom stereocenters. The van der Waals surface area contributed by atoms with Crippen LogP contribution < -0.4 is 9.64 Å². The van der Waals surface area contributed by atoms with E-state index in [1.54, 1.807) is 4.31 Å². The number of rotatable bonds is 6. The molecule has 0 saturated carbocycles. The number of hydrogen-bond acceptors (Lipinski definition) is 4. The summed E-state index contributed by atoms with van der Waals surface area (Å²) in [6.45, 7) is 4.41. The Morgan fingerprint density at radius 2 is 1.48 bits per heavy atom. The first kappa shape index (κ1) is 17.8. The fourth-order valence-corrected chi connectivity index (χ4v) is 4.45. The zero-order chi connectivity index (χ0) is 17.7. The van der Waals surface area contributed by atoms with Gasteiger partial charge in [0.2, 0.25) is 10.0 Å². The van der Waals surface area contributed by atoms with Gasteiger partial charge in [0.05, 0.1) is 5.75 Å². The molecule has 5 nitrogen and oxygen atoms in total. The lowest BCUT2D eigenvalue weighted by molar-refractivity contribution is 0.384. The summed E-state index contributed by atoms with van der Waals surface area (Å²) < 4.78 is 31.7. The lowest BCUT2D eigenvalue weighted by Gasteiger charge is -2.35. The number of nitrogens with zero attached hydrogens (tertiary/aromatic N) is 2. The second-order valence-electron chi connectivity index (χ2n) is 6.11. The molecule has 0 bridgehead atoms. The quantitative estimate of drug-likeness (QED) is 0.793. The van der Waals surface area contributed by atoms with E-state index in [-0.39, 0.29) is 5.75 Å². The van der Waals surface area contributed by atoms with Gasteiger partial charge in [-0.25, -0.2) is 8.42 Å². The average Bonchev–Trinajstić information content (AvgIpc) is 2.63. The van der Waals surface area contributed by atoms with Gasteiger partial charge in [-0.1, -0.05) is 25.1 Å². The Morgan fingerprint density at radius 1 is 0.880 bits per heavy atom. The van der Waals surface area contributed by atoms with Gasteiger partial charge in [0, 0.05) is 31.9 Å². The van der Waals surface area contributed by atoms with Gasteiger partial charge in [-0.2, -0.15) is 4.31 Å². The minimum absolute atomic E-state index is 0.235. The van der Waals surface area contributed by atoms with Crippen LogP contribution in [-0.2, 0) is 10.0 Å². The molecular formula is C19H24N2O3S. The molecule has 25 heavy (non-hydrogen) atoms. The molecule has 3 rings (SSSR count). The van der Waals surface area contributed by atoms with Gasteiger partial charge in [-0.3, -0.25) is 0 Å². The summed E-state index contributed by atoms with van der Waals surface area (Å²) in [6.07, 6.45) is 0.658. The van der Waals surface area contributed by atoms with Gasteiger partial charge in [-0.05, 0) is 42.8 Å². The van der Waals surface area contributed by atoms with Crippen LogP contribution >= 0.6 is 0 Å². The molecule has 2 aromatic rings. The highest BCUT2D eigenvalue weighted by Gasteiger charge is 2.26. The average molecular weight is 360 g/mol. The molecule has 1 fully saturated rings. The van der Waals surface area contributed by atoms with Gasteiger partial charge in [0.25, 0.3) is 0 Å². The third-order valence-corrected chi connectivity index (χ3v) is 6.35. The van der Waals surface area contributed by atoms with Crippen LogP contribution in [-0.4, -0.2) is 44.7 Å². The predicted molar refractivity (Wildman–Crippen MR) is 101 cm³/mol. The van der Waals surface area contributed by atoms with Gasteiger partial charge in [0.1, 0.15) is 11.5 Å². The van der Waals surface area contributed by atoms with E-state index in [0.29, 0.717) is 32.6 Å². The summed E-state index contributed by atoms with van der Waals surface area (Å²) in [5, 5.41) is 0. The van der Waals surface area contributed by atoms with Crippen molar-refractivity contribution in [1.82, 2.24) is 4.31 Å². The number of para-hydroxylation sites is 1. The smallest absolute Gasteiger partial charge is 0.214 e. The Bertz CT molecular complexity index is 768. The highest BCUT2D eigenvalue weighted by Crippen LogP contribution is 2.25. The molecule has 134 valence electrons. The molecule has 6 heteroatoms. The summed E-state index contributed by atoms with van der Waals surface area (Å²) in [6, 6.07) is 17.6. The first-order valence-electron chi connectivity index (χ1n) is 8.64. The van der Waals surface area contributed by atoms with Crippen molar-refractivity contribution in [2.75, 3.05) is 36.8 Å². The first-order chi connectivity index (χ1) is 12.1. The normalized spacial score (nSPS) is 16.0. The van der Waals surface area contributed by atoms with E-state index < -0.39 is 10.0 Å². The maximum absolute atomic E-state index is 12.1. The predicted octanol–water partition coefficient (Wildman–Crippen LogP) is 3.34. The second-order valence-corrected chi connectivity index (χ2v) is 8.20. The lowest BCUT2D eigenvalue weighted by Crippen LogP contribution is -2.49. The van der Waals surface area contributed by atoms with Crippen molar-refractivity contribution in [3.63, 3.8) is 0 Å². The minimum atomic E-state index is -3.09. The highest BCUT2D eigenvalue weighted by atomic mass is 32.2. The van der Waals surface area contributed by atoms with E-state index in [4.69, 9.17) is 4.74 Å². The van der Waals surface area contributed by atoms with E-state index in [0.717, 1.165) is 17.2 Å². The van der Waals surface area contributed by atoms with Crippen LogP contribution in [0.1, 0.15) is 13.3 Å². The van der Waals surface area contributed by atoms with Crippen LogP contribution in [0.5, 0.6) is 11.5 Å². The maximum atomic E-state index is 12.1. The van der Waals surface area contributed by atoms with Gasteiger partial charge in [0.15, 0.2) is 0 Å². The maximum Gasteiger partial charge on any atom is 0.214 e. The topological polar surface area (TPSA) is 49.9 Å². The van der Waals surface area contributed by atoms with Gasteiger partial charge >= 0.3 is 0 Å². The monoisotopic (exact) mass is 360 g/mol. The molecule has 0 atom stereocenters. The van der Waals surface area contributed by atoms with E-state index >= 15 is 0 Å². The van der Waals surface area contributed by atoms with Crippen LogP contribution in [0.25, 0.3) is 0 Å². The molecule has 0 radical (unpaired) electrons. The van der Waals surface area contributed by atoms with Crippen molar-refractivity contribution >= 4 is 15.7 Å². The molecule has 1 aliphatic rings. The van der Waals surface area contributed by atoms with Gasteiger partial charge in [-0.15, -0.1) is 0 Å². The molecule has 2 aromatic carbocycles. The van der Waals surface area contributed by atoms with E-state index in [9.17, 15) is 8.42 Å². The molecule has 1 aliphatic heterocycles. The second kappa shape index (κ2) is 7.89. The van der Waals surface area contributed by atoms with Crippen molar-refractivity contribution in [2.24, 2.45) is 0 Å². The van der Waals surface area contributed by atoms with Crippen molar-refractivity contribution in [3.8, 4) is 11.5 Å². The first-order valence-corrected chi connectivity index (χ1v) is 10.2. The number of ether oxygens (including phenoxy) is 1. The Morgan fingerprint density at radius 3 is 2.08 bits per heavy atom. The highest BCUT2D eigenvalue weighted by molar-refractivity contribution is 7.89. The summed E-state index contributed by atoms with van der Waals surface area (Å²) in [5.74, 6) is 1.84. The van der Waals surface area contributed by atoms with Gasteiger partial charge < -0.3 is 9.64 Å². The van der Waals surface area contributed by atoms with Crippen LogP contribution in [0.2, 0.25) is 0 Å². The number of sulfonamides is 1. The number of hydrogen-bond donors (Lipinski definition) is 0. The Hall–Kier alpha value is -2.05.